The van der Waals surface area contributed by atoms with Crippen LogP contribution in [0.3, 0.4) is 0 Å². The Bertz CT molecular complexity index is 231. The lowest BCUT2D eigenvalue weighted by Crippen LogP contribution is -2.01. The molecule has 0 aliphatic rings. The van der Waals surface area contributed by atoms with E-state index in [0.717, 1.165) is 13.6 Å². The molecule has 48 valence electrons. The fourth-order valence-electron chi connectivity index (χ4n) is 0.491. The van der Waals surface area contributed by atoms with Crippen molar-refractivity contribution in [1.82, 2.24) is 9.54 Å². The summed E-state index contributed by atoms with van der Waals surface area (Å²) in [7, 11) is 0.892. The van der Waals surface area contributed by atoms with Gasteiger partial charge < -0.3 is 0 Å². The topological polar surface area (TPSA) is 34.9 Å². The Labute approximate surface area is 54.9 Å². The van der Waals surface area contributed by atoms with Gasteiger partial charge in [0.05, 0.1) is 6.20 Å². The van der Waals surface area contributed by atoms with Crippen LogP contribution in [0.25, 0.3) is 0 Å². The van der Waals surface area contributed by atoms with E-state index in [-0.39, 0.29) is 5.91 Å². The Kier molecular flexibility index (Phi) is 1.63. The van der Waals surface area contributed by atoms with Gasteiger partial charge >= 0.3 is 0 Å². The van der Waals surface area contributed by atoms with Crippen molar-refractivity contribution in [3.63, 3.8) is 0 Å². The summed E-state index contributed by atoms with van der Waals surface area (Å²) in [6.45, 7) is 3.44. The molecular formula is C5H7N2OP. The monoisotopic (exact) mass is 142 g/mol. The van der Waals surface area contributed by atoms with Crippen LogP contribution in [0.1, 0.15) is 17.0 Å². The molecule has 1 rings (SSSR count). The number of hydrogen-bond acceptors (Lipinski definition) is 2. The molecule has 0 fully saturated rings. The van der Waals surface area contributed by atoms with Crippen molar-refractivity contribution < 1.29 is 4.79 Å². The number of hydrogen-bond donors (Lipinski definition) is 0. The molecule has 0 spiro atoms. The van der Waals surface area contributed by atoms with Crippen molar-refractivity contribution in [3.05, 3.63) is 11.5 Å². The van der Waals surface area contributed by atoms with E-state index in [1.54, 1.807) is 6.20 Å². The summed E-state index contributed by atoms with van der Waals surface area (Å²) in [5.41, 5.74) is 0. The van der Waals surface area contributed by atoms with Crippen LogP contribution in [-0.2, 0) is 0 Å². The average Bonchev–Trinajstić information content (AvgIpc) is 2.14. The quantitative estimate of drug-likeness (QED) is 0.549. The summed E-state index contributed by atoms with van der Waals surface area (Å²) in [4.78, 5) is 10.6. The fraction of sp³-hybridized carbons (Fsp3) is 0.400. The van der Waals surface area contributed by atoms with Gasteiger partial charge in [-0.2, -0.15) is 9.54 Å². The van der Waals surface area contributed by atoms with Crippen LogP contribution in [0.15, 0.2) is 6.20 Å². The molecule has 1 aromatic heterocycles. The maximum absolute atomic E-state index is 10.6. The maximum atomic E-state index is 10.6. The van der Waals surface area contributed by atoms with Crippen LogP contribution in [0, 0.1) is 6.92 Å². The van der Waals surface area contributed by atoms with E-state index in [2.05, 4.69) is 5.10 Å². The van der Waals surface area contributed by atoms with Crippen LogP contribution in [0.5, 0.6) is 0 Å². The summed E-state index contributed by atoms with van der Waals surface area (Å²) < 4.78 is 1.41. The highest BCUT2D eigenvalue weighted by Gasteiger charge is 1.96. The molecule has 3 nitrogen and oxygen atoms in total. The van der Waals surface area contributed by atoms with Crippen molar-refractivity contribution in [1.29, 1.82) is 0 Å². The van der Waals surface area contributed by atoms with Gasteiger partial charge in [0.1, 0.15) is 0 Å². The summed E-state index contributed by atoms with van der Waals surface area (Å²) in [5.74, 6) is -0.00948. The van der Waals surface area contributed by atoms with E-state index in [0.29, 0.717) is 0 Å². The molecule has 0 aliphatic heterocycles. The van der Waals surface area contributed by atoms with Crippen LogP contribution in [-0.4, -0.2) is 15.5 Å². The first-order valence-corrected chi connectivity index (χ1v) is 3.45. The summed E-state index contributed by atoms with van der Waals surface area (Å²) >= 11 is 0. The van der Waals surface area contributed by atoms with E-state index in [1.165, 1.54) is 11.4 Å². The van der Waals surface area contributed by atoms with Crippen LogP contribution < -0.4 is 0 Å². The van der Waals surface area contributed by atoms with E-state index in [4.69, 9.17) is 0 Å². The maximum Gasteiger partial charge on any atom is 0.247 e. The number of carbonyl (C=O) groups is 1. The second-order valence-corrected chi connectivity index (χ2v) is 3.08. The lowest BCUT2D eigenvalue weighted by Gasteiger charge is -1.86. The lowest BCUT2D eigenvalue weighted by molar-refractivity contribution is 0.0935. The first kappa shape index (κ1) is 6.43. The smallest absolute Gasteiger partial charge is 0.247 e. The molecular weight excluding hydrogens is 135 g/mol. The second kappa shape index (κ2) is 2.28. The standard InChI is InChI=1S/C5H7N2OP/c1-4-3-6-7(9-4)5(2)8/h3H,1-2H3. The Hall–Kier alpha value is -0.690. The largest absolute Gasteiger partial charge is 0.273 e. The molecule has 4 heteroatoms. The SMILES string of the molecule is CC(=O)n1ncc(C)p1. The normalized spacial score (nSPS) is 10.4. The van der Waals surface area contributed by atoms with Gasteiger partial charge in [0, 0.05) is 20.6 Å². The Morgan fingerprint density at radius 2 is 2.56 bits per heavy atom. The molecule has 0 amide bonds. The van der Waals surface area contributed by atoms with Gasteiger partial charge in [-0.3, -0.25) is 4.79 Å². The third-order valence-electron chi connectivity index (χ3n) is 0.888. The Morgan fingerprint density at radius 3 is 2.78 bits per heavy atom. The highest BCUT2D eigenvalue weighted by Crippen LogP contribution is 2.09. The zero-order valence-corrected chi connectivity index (χ0v) is 6.22. The fourth-order valence-corrected chi connectivity index (χ4v) is 1.14. The Balaban J connectivity index is 2.98. The molecule has 0 aliphatic carbocycles. The zero-order chi connectivity index (χ0) is 6.85. The summed E-state index contributed by atoms with van der Waals surface area (Å²) in [6.07, 6.45) is 1.70. The first-order chi connectivity index (χ1) is 4.20. The molecule has 0 saturated carbocycles. The summed E-state index contributed by atoms with van der Waals surface area (Å²) in [5, 5.41) is 4.93. The predicted octanol–water partition coefficient (Wildman–Crippen LogP) is 1.43. The van der Waals surface area contributed by atoms with Crippen molar-refractivity contribution >= 4 is 14.3 Å². The van der Waals surface area contributed by atoms with Crippen molar-refractivity contribution in [2.24, 2.45) is 0 Å². The minimum Gasteiger partial charge on any atom is -0.273 e. The molecule has 0 unspecified atom stereocenters. The van der Waals surface area contributed by atoms with E-state index in [1.807, 2.05) is 6.92 Å². The first-order valence-electron chi connectivity index (χ1n) is 2.60. The Morgan fingerprint density at radius 1 is 1.89 bits per heavy atom. The van der Waals surface area contributed by atoms with Crippen LogP contribution in [0.4, 0.5) is 0 Å². The number of carbonyl (C=O) groups excluding carboxylic acids is 1. The molecule has 0 bridgehead atoms. The lowest BCUT2D eigenvalue weighted by atomic mass is 10.7. The van der Waals surface area contributed by atoms with Gasteiger partial charge in [-0.15, -0.1) is 0 Å². The molecule has 1 heterocycles. The number of aryl methyl sites for hydroxylation is 1. The summed E-state index contributed by atoms with van der Waals surface area (Å²) in [6, 6.07) is 0. The zero-order valence-electron chi connectivity index (χ0n) is 5.33. The predicted molar refractivity (Wildman–Crippen MR) is 35.8 cm³/mol. The molecule has 0 saturated heterocycles. The number of rotatable bonds is 0. The van der Waals surface area contributed by atoms with E-state index in [9.17, 15) is 4.79 Å². The van der Waals surface area contributed by atoms with Gasteiger partial charge in [-0.05, 0) is 6.92 Å². The molecule has 0 N–H and O–H groups in total. The number of nitrogens with zero attached hydrogens (tertiary/aromatic N) is 2. The van der Waals surface area contributed by atoms with E-state index < -0.39 is 0 Å². The van der Waals surface area contributed by atoms with Crippen molar-refractivity contribution in [2.75, 3.05) is 0 Å². The van der Waals surface area contributed by atoms with Gasteiger partial charge in [-0.25, -0.2) is 0 Å². The highest BCUT2D eigenvalue weighted by atomic mass is 31.0. The molecule has 0 atom stereocenters. The van der Waals surface area contributed by atoms with Gasteiger partial charge in [0.2, 0.25) is 5.91 Å². The van der Waals surface area contributed by atoms with Crippen molar-refractivity contribution in [3.8, 4) is 0 Å². The minimum absolute atomic E-state index is 0.00948. The van der Waals surface area contributed by atoms with Crippen LogP contribution >= 0.6 is 8.35 Å². The third-order valence-corrected chi connectivity index (χ3v) is 1.89. The molecule has 9 heavy (non-hydrogen) atoms. The van der Waals surface area contributed by atoms with Crippen LogP contribution in [0.2, 0.25) is 0 Å². The minimum atomic E-state index is -0.00948. The second-order valence-electron chi connectivity index (χ2n) is 1.79. The molecule has 0 radical (unpaired) electrons. The third kappa shape index (κ3) is 1.36. The van der Waals surface area contributed by atoms with Crippen molar-refractivity contribution in [2.45, 2.75) is 13.8 Å². The highest BCUT2D eigenvalue weighted by molar-refractivity contribution is 7.27. The van der Waals surface area contributed by atoms with E-state index >= 15 is 0 Å². The average molecular weight is 142 g/mol. The van der Waals surface area contributed by atoms with Gasteiger partial charge in [0.15, 0.2) is 0 Å². The number of aromatic nitrogens is 2. The van der Waals surface area contributed by atoms with Gasteiger partial charge in [-0.1, -0.05) is 0 Å². The van der Waals surface area contributed by atoms with Gasteiger partial charge in [0.25, 0.3) is 0 Å². The molecule has 0 aromatic carbocycles. The molecule has 1 aromatic rings.